The smallest absolute Gasteiger partial charge is 0.346 e. The Hall–Kier alpha value is -1.95. The lowest BCUT2D eigenvalue weighted by Gasteiger charge is -2.27. The first kappa shape index (κ1) is 14.5. The van der Waals surface area contributed by atoms with Crippen LogP contribution < -0.4 is 0 Å². The lowest BCUT2D eigenvalue weighted by Crippen LogP contribution is -2.39. The van der Waals surface area contributed by atoms with Crippen molar-refractivity contribution in [2.45, 2.75) is 26.9 Å². The van der Waals surface area contributed by atoms with Gasteiger partial charge in [0.05, 0.1) is 12.1 Å². The van der Waals surface area contributed by atoms with Crippen LogP contribution in [0.4, 0.5) is 0 Å². The van der Waals surface area contributed by atoms with Gasteiger partial charge in [-0.05, 0) is 32.1 Å². The molecule has 0 spiro atoms. The third-order valence-electron chi connectivity index (χ3n) is 3.26. The summed E-state index contributed by atoms with van der Waals surface area (Å²) in [6.45, 7) is 7.63. The summed E-state index contributed by atoms with van der Waals surface area (Å²) in [7, 11) is 0. The molecule has 0 amide bonds. The number of likely N-dealkylation sites (N-methyl/N-ethyl adjacent to an activating group) is 1. The van der Waals surface area contributed by atoms with Gasteiger partial charge in [0, 0.05) is 0 Å². The highest BCUT2D eigenvalue weighted by Crippen LogP contribution is 2.20. The van der Waals surface area contributed by atoms with Gasteiger partial charge in [-0.2, -0.15) is 0 Å². The number of ether oxygens (including phenoxy) is 1. The van der Waals surface area contributed by atoms with Gasteiger partial charge in [-0.15, -0.1) is 5.10 Å². The molecule has 20 heavy (non-hydrogen) atoms. The van der Waals surface area contributed by atoms with Gasteiger partial charge in [-0.25, -0.2) is 9.48 Å². The second-order valence-electron chi connectivity index (χ2n) is 4.37. The molecule has 2 aromatic rings. The van der Waals surface area contributed by atoms with E-state index in [9.17, 15) is 4.79 Å². The molecular weight excluding hydrogens is 256 g/mol. The number of rotatable bonds is 6. The second-order valence-corrected chi connectivity index (χ2v) is 4.37. The minimum atomic E-state index is -0.572. The Bertz CT molecular complexity index is 577. The maximum absolute atomic E-state index is 12.3. The minimum absolute atomic E-state index is 0.299. The van der Waals surface area contributed by atoms with E-state index in [0.29, 0.717) is 6.61 Å². The Kier molecular flexibility index (Phi) is 4.68. The van der Waals surface area contributed by atoms with Gasteiger partial charge in [0.25, 0.3) is 0 Å². The van der Waals surface area contributed by atoms with E-state index >= 15 is 0 Å². The van der Waals surface area contributed by atoms with E-state index in [2.05, 4.69) is 10.3 Å². The highest BCUT2D eigenvalue weighted by atomic mass is 16.5. The highest BCUT2D eigenvalue weighted by molar-refractivity contribution is 5.79. The third kappa shape index (κ3) is 2.65. The van der Waals surface area contributed by atoms with Crippen molar-refractivity contribution in [3.8, 4) is 0 Å². The van der Waals surface area contributed by atoms with E-state index in [1.165, 1.54) is 0 Å². The van der Waals surface area contributed by atoms with Crippen LogP contribution in [-0.4, -0.2) is 45.6 Å². The monoisotopic (exact) mass is 276 g/mol. The predicted molar refractivity (Wildman–Crippen MR) is 76.1 cm³/mol. The Morgan fingerprint density at radius 1 is 1.30 bits per heavy atom. The highest BCUT2D eigenvalue weighted by Gasteiger charge is 2.29. The fourth-order valence-electron chi connectivity index (χ4n) is 2.26. The van der Waals surface area contributed by atoms with Gasteiger partial charge in [0.15, 0.2) is 0 Å². The van der Waals surface area contributed by atoms with E-state index in [4.69, 9.17) is 4.74 Å². The summed E-state index contributed by atoms with van der Waals surface area (Å²) >= 11 is 0. The van der Waals surface area contributed by atoms with E-state index in [0.717, 1.165) is 24.1 Å². The molecule has 1 heterocycles. The number of carbonyl (C=O) groups is 1. The number of carbonyl (C=O) groups excluding carboxylic acids is 1. The molecule has 6 heteroatoms. The average Bonchev–Trinajstić information content (AvgIpc) is 2.88. The van der Waals surface area contributed by atoms with Crippen molar-refractivity contribution in [3.63, 3.8) is 0 Å². The molecule has 0 fully saturated rings. The molecule has 108 valence electrons. The van der Waals surface area contributed by atoms with Crippen LogP contribution in [0.15, 0.2) is 24.3 Å². The molecule has 1 atom stereocenters. The number of para-hydroxylation sites is 1. The first-order valence-corrected chi connectivity index (χ1v) is 6.93. The maximum atomic E-state index is 12.3. The number of aromatic nitrogens is 3. The number of nitrogens with zero attached hydrogens (tertiary/aromatic N) is 4. The van der Waals surface area contributed by atoms with E-state index in [-0.39, 0.29) is 5.97 Å². The quantitative estimate of drug-likeness (QED) is 0.753. The van der Waals surface area contributed by atoms with Crippen molar-refractivity contribution in [1.82, 2.24) is 19.9 Å². The third-order valence-corrected chi connectivity index (χ3v) is 3.26. The van der Waals surface area contributed by atoms with Crippen LogP contribution >= 0.6 is 0 Å². The molecule has 0 aliphatic rings. The fourth-order valence-corrected chi connectivity index (χ4v) is 2.26. The van der Waals surface area contributed by atoms with Crippen molar-refractivity contribution in [3.05, 3.63) is 24.3 Å². The molecule has 0 aliphatic heterocycles. The molecule has 0 aliphatic carbocycles. The van der Waals surface area contributed by atoms with Gasteiger partial charge >= 0.3 is 5.97 Å². The van der Waals surface area contributed by atoms with Crippen LogP contribution in [0.2, 0.25) is 0 Å². The molecule has 0 radical (unpaired) electrons. The average molecular weight is 276 g/mol. The number of fused-ring (bicyclic) bond motifs is 1. The molecule has 6 nitrogen and oxygen atoms in total. The predicted octanol–water partition coefficient (Wildman–Crippen LogP) is 1.83. The molecule has 1 aromatic heterocycles. The fraction of sp³-hybridized carbons (Fsp3) is 0.500. The van der Waals surface area contributed by atoms with Gasteiger partial charge in [-0.1, -0.05) is 31.2 Å². The van der Waals surface area contributed by atoms with Crippen LogP contribution in [0.5, 0.6) is 0 Å². The molecule has 1 aromatic carbocycles. The molecule has 0 saturated carbocycles. The topological polar surface area (TPSA) is 60.2 Å². The van der Waals surface area contributed by atoms with Crippen molar-refractivity contribution in [1.29, 1.82) is 0 Å². The Balaban J connectivity index is 2.47. The molecule has 0 bridgehead atoms. The molecule has 0 saturated heterocycles. The summed E-state index contributed by atoms with van der Waals surface area (Å²) in [6, 6.07) is 7.60. The summed E-state index contributed by atoms with van der Waals surface area (Å²) in [5.41, 5.74) is 1.60. The Morgan fingerprint density at radius 2 is 2.00 bits per heavy atom. The maximum Gasteiger partial charge on any atom is 0.346 e. The summed E-state index contributed by atoms with van der Waals surface area (Å²) in [6.07, 6.45) is -0.572. The SMILES string of the molecule is CCOC(=O)C(N(CC)CC)n1nnc2ccccc21. The summed E-state index contributed by atoms with van der Waals surface area (Å²) in [4.78, 5) is 14.3. The minimum Gasteiger partial charge on any atom is -0.463 e. The van der Waals surface area contributed by atoms with E-state index in [1.54, 1.807) is 11.6 Å². The van der Waals surface area contributed by atoms with Gasteiger partial charge < -0.3 is 4.74 Å². The second kappa shape index (κ2) is 6.47. The normalized spacial score (nSPS) is 12.8. The Labute approximate surface area is 118 Å². The summed E-state index contributed by atoms with van der Waals surface area (Å²) in [5, 5.41) is 8.25. The number of benzene rings is 1. The molecule has 0 N–H and O–H groups in total. The number of hydrogen-bond acceptors (Lipinski definition) is 5. The Morgan fingerprint density at radius 3 is 2.65 bits per heavy atom. The van der Waals surface area contributed by atoms with Crippen LogP contribution in [-0.2, 0) is 9.53 Å². The summed E-state index contributed by atoms with van der Waals surface area (Å²) < 4.78 is 6.83. The first-order valence-electron chi connectivity index (χ1n) is 6.93. The molecular formula is C14H20N4O2. The van der Waals surface area contributed by atoms with Crippen molar-refractivity contribution < 1.29 is 9.53 Å². The van der Waals surface area contributed by atoms with Crippen LogP contribution in [0.3, 0.4) is 0 Å². The zero-order valence-electron chi connectivity index (χ0n) is 12.1. The largest absolute Gasteiger partial charge is 0.463 e. The van der Waals surface area contributed by atoms with Crippen molar-refractivity contribution in [2.24, 2.45) is 0 Å². The van der Waals surface area contributed by atoms with Crippen molar-refractivity contribution >= 4 is 17.0 Å². The lowest BCUT2D eigenvalue weighted by molar-refractivity contribution is -0.153. The van der Waals surface area contributed by atoms with Gasteiger partial charge in [-0.3, -0.25) is 4.90 Å². The zero-order chi connectivity index (χ0) is 14.5. The number of esters is 1. The van der Waals surface area contributed by atoms with E-state index < -0.39 is 6.17 Å². The lowest BCUT2D eigenvalue weighted by atomic mass is 10.3. The zero-order valence-corrected chi connectivity index (χ0v) is 12.1. The van der Waals surface area contributed by atoms with Gasteiger partial charge in [0.1, 0.15) is 5.52 Å². The van der Waals surface area contributed by atoms with Crippen LogP contribution in [0, 0.1) is 0 Å². The standard InChI is InChI=1S/C14H20N4O2/c1-4-17(5-2)13(14(19)20-6-3)18-12-10-8-7-9-11(12)15-16-18/h7-10,13H,4-6H2,1-3H3. The van der Waals surface area contributed by atoms with E-state index in [1.807, 2.05) is 43.0 Å². The van der Waals surface area contributed by atoms with Crippen LogP contribution in [0.25, 0.3) is 11.0 Å². The first-order chi connectivity index (χ1) is 9.72. The van der Waals surface area contributed by atoms with Gasteiger partial charge in [0.2, 0.25) is 6.17 Å². The summed E-state index contributed by atoms with van der Waals surface area (Å²) in [5.74, 6) is -0.299. The van der Waals surface area contributed by atoms with Crippen molar-refractivity contribution in [2.75, 3.05) is 19.7 Å². The molecule has 1 unspecified atom stereocenters. The van der Waals surface area contributed by atoms with Crippen LogP contribution in [0.1, 0.15) is 26.9 Å². The number of hydrogen-bond donors (Lipinski definition) is 0. The molecule has 2 rings (SSSR count).